The molecule has 4 aromatic rings. The van der Waals surface area contributed by atoms with E-state index in [-0.39, 0.29) is 23.4 Å². The highest BCUT2D eigenvalue weighted by Gasteiger charge is 2.37. The van der Waals surface area contributed by atoms with Crippen molar-refractivity contribution in [3.63, 3.8) is 0 Å². The summed E-state index contributed by atoms with van der Waals surface area (Å²) < 4.78 is 95.1. The van der Waals surface area contributed by atoms with Gasteiger partial charge >= 0.3 is 12.4 Å². The van der Waals surface area contributed by atoms with Crippen LogP contribution in [0.25, 0.3) is 22.6 Å². The van der Waals surface area contributed by atoms with Crippen molar-refractivity contribution >= 4 is 11.9 Å². The SMILES string of the molecule is COc1ccccc1-c1cc(C(F)(F)F)nc(N2CCOCC2)n1.COc1ccccc1-c1nc(N2CCCCC2)nc(C(F)(F)F)n1. The Morgan fingerprint density at radius 2 is 1.19 bits per heavy atom. The van der Waals surface area contributed by atoms with E-state index < -0.39 is 23.9 Å². The van der Waals surface area contributed by atoms with E-state index in [4.69, 9.17) is 14.2 Å². The summed E-state index contributed by atoms with van der Waals surface area (Å²) in [6, 6.07) is 14.5. The van der Waals surface area contributed by atoms with Crippen LogP contribution in [0.2, 0.25) is 0 Å². The Balaban J connectivity index is 0.000000188. The first-order valence-corrected chi connectivity index (χ1v) is 15.1. The molecule has 256 valence electrons. The predicted molar refractivity (Wildman–Crippen MR) is 165 cm³/mol. The average Bonchev–Trinajstić information content (AvgIpc) is 3.11. The number of piperidine rings is 1. The molecule has 0 saturated carbocycles. The number of para-hydroxylation sites is 2. The van der Waals surface area contributed by atoms with Gasteiger partial charge in [0.2, 0.25) is 17.7 Å². The van der Waals surface area contributed by atoms with Gasteiger partial charge in [0.25, 0.3) is 0 Å². The van der Waals surface area contributed by atoms with Gasteiger partial charge in [0, 0.05) is 31.7 Å². The molecule has 10 nitrogen and oxygen atoms in total. The van der Waals surface area contributed by atoms with Crippen molar-refractivity contribution in [2.24, 2.45) is 0 Å². The number of hydrogen-bond acceptors (Lipinski definition) is 10. The average molecular weight is 678 g/mol. The van der Waals surface area contributed by atoms with Gasteiger partial charge in [-0.2, -0.15) is 36.3 Å². The third-order valence-electron chi connectivity index (χ3n) is 7.55. The molecule has 2 fully saturated rings. The zero-order valence-corrected chi connectivity index (χ0v) is 26.2. The lowest BCUT2D eigenvalue weighted by atomic mass is 10.1. The number of nitrogens with zero attached hydrogens (tertiary/aromatic N) is 7. The second-order valence-electron chi connectivity index (χ2n) is 10.8. The monoisotopic (exact) mass is 677 g/mol. The van der Waals surface area contributed by atoms with Crippen LogP contribution in [0.1, 0.15) is 30.8 Å². The summed E-state index contributed by atoms with van der Waals surface area (Å²) in [5.41, 5.74) is 0.102. The van der Waals surface area contributed by atoms with Gasteiger partial charge in [0.05, 0.1) is 38.7 Å². The van der Waals surface area contributed by atoms with Crippen molar-refractivity contribution in [3.05, 3.63) is 66.1 Å². The fourth-order valence-electron chi connectivity index (χ4n) is 5.16. The third kappa shape index (κ3) is 8.40. The van der Waals surface area contributed by atoms with Gasteiger partial charge in [0.15, 0.2) is 11.5 Å². The number of benzene rings is 2. The third-order valence-corrected chi connectivity index (χ3v) is 7.55. The van der Waals surface area contributed by atoms with Crippen LogP contribution < -0.4 is 19.3 Å². The quantitative estimate of drug-likeness (QED) is 0.209. The highest BCUT2D eigenvalue weighted by Crippen LogP contribution is 2.35. The molecule has 2 saturated heterocycles. The summed E-state index contributed by atoms with van der Waals surface area (Å²) in [7, 11) is 2.92. The lowest BCUT2D eigenvalue weighted by molar-refractivity contribution is -0.145. The summed E-state index contributed by atoms with van der Waals surface area (Å²) >= 11 is 0. The van der Waals surface area contributed by atoms with Crippen molar-refractivity contribution in [1.29, 1.82) is 0 Å². The van der Waals surface area contributed by atoms with Crippen LogP contribution in [0.3, 0.4) is 0 Å². The summed E-state index contributed by atoms with van der Waals surface area (Å²) in [5, 5.41) is 0. The van der Waals surface area contributed by atoms with Gasteiger partial charge in [0.1, 0.15) is 11.5 Å². The molecule has 48 heavy (non-hydrogen) atoms. The lowest BCUT2D eigenvalue weighted by Gasteiger charge is -2.27. The molecule has 0 radical (unpaired) electrons. The van der Waals surface area contributed by atoms with E-state index >= 15 is 0 Å². The van der Waals surface area contributed by atoms with E-state index in [9.17, 15) is 26.3 Å². The standard InChI is InChI=1S/C16H17F3N4O.C16H16F3N3O2/c1-24-12-8-4-3-7-11(12)13-20-14(16(17,18)19)22-15(21-13)23-9-5-2-6-10-23;1-23-13-5-3-2-4-11(13)12-10-14(16(17,18)19)21-15(20-12)22-6-8-24-9-7-22/h3-4,7-8H,2,5-6,9-10H2,1H3;2-5,10H,6-9H2,1H3. The van der Waals surface area contributed by atoms with Crippen molar-refractivity contribution in [3.8, 4) is 34.1 Å². The zero-order chi connectivity index (χ0) is 34.3. The first-order chi connectivity index (χ1) is 23.0. The minimum Gasteiger partial charge on any atom is -0.496 e. The Labute approximate surface area is 272 Å². The van der Waals surface area contributed by atoms with Gasteiger partial charge in [-0.05, 0) is 49.6 Å². The largest absolute Gasteiger partial charge is 0.496 e. The molecule has 0 aliphatic carbocycles. The molecule has 2 aromatic heterocycles. The number of anilines is 2. The van der Waals surface area contributed by atoms with E-state index in [0.29, 0.717) is 62.0 Å². The number of rotatable bonds is 6. The maximum Gasteiger partial charge on any atom is 0.451 e. The fraction of sp³-hybridized carbons (Fsp3) is 0.406. The number of methoxy groups -OCH3 is 2. The first-order valence-electron chi connectivity index (χ1n) is 15.1. The molecule has 0 spiro atoms. The van der Waals surface area contributed by atoms with Crippen molar-refractivity contribution in [1.82, 2.24) is 24.9 Å². The molecular formula is C32H33F6N7O3. The number of hydrogen-bond donors (Lipinski definition) is 0. The van der Waals surface area contributed by atoms with Crippen LogP contribution in [-0.2, 0) is 17.1 Å². The normalized spacial score (nSPS) is 15.4. The molecule has 16 heteroatoms. The Kier molecular flexibility index (Phi) is 10.8. The maximum absolute atomic E-state index is 13.2. The molecule has 4 heterocycles. The fourth-order valence-corrected chi connectivity index (χ4v) is 5.16. The second-order valence-corrected chi connectivity index (χ2v) is 10.8. The molecule has 6 rings (SSSR count). The number of ether oxygens (including phenoxy) is 3. The van der Waals surface area contributed by atoms with Gasteiger partial charge in [-0.25, -0.2) is 15.0 Å². The van der Waals surface area contributed by atoms with Crippen LogP contribution in [0, 0.1) is 0 Å². The molecule has 2 aliphatic rings. The zero-order valence-electron chi connectivity index (χ0n) is 26.2. The van der Waals surface area contributed by atoms with Crippen LogP contribution in [-0.4, -0.2) is 78.5 Å². The van der Waals surface area contributed by atoms with Crippen LogP contribution in [0.4, 0.5) is 38.2 Å². The van der Waals surface area contributed by atoms with E-state index in [2.05, 4.69) is 24.9 Å². The smallest absolute Gasteiger partial charge is 0.451 e. The summed E-state index contributed by atoms with van der Waals surface area (Å²) in [6.07, 6.45) is -6.30. The minimum atomic E-state index is -4.63. The first kappa shape index (κ1) is 34.6. The topological polar surface area (TPSA) is 98.6 Å². The van der Waals surface area contributed by atoms with Crippen LogP contribution >= 0.6 is 0 Å². The minimum absolute atomic E-state index is 0.0321. The Morgan fingerprint density at radius 1 is 0.625 bits per heavy atom. The number of alkyl halides is 6. The molecule has 0 bridgehead atoms. The Bertz CT molecular complexity index is 1550. The summed E-state index contributed by atoms with van der Waals surface area (Å²) in [5.74, 6) is -0.222. The van der Waals surface area contributed by atoms with Gasteiger partial charge < -0.3 is 24.0 Å². The van der Waals surface area contributed by atoms with Crippen LogP contribution in [0.15, 0.2) is 54.6 Å². The van der Waals surface area contributed by atoms with Crippen LogP contribution in [0.5, 0.6) is 11.5 Å². The van der Waals surface area contributed by atoms with Crippen molar-refractivity contribution in [2.75, 3.05) is 63.4 Å². The summed E-state index contributed by atoms with van der Waals surface area (Å²) in [4.78, 5) is 23.0. The molecular weight excluding hydrogens is 644 g/mol. The highest BCUT2D eigenvalue weighted by molar-refractivity contribution is 5.68. The number of aromatic nitrogens is 5. The van der Waals surface area contributed by atoms with Crippen molar-refractivity contribution < 1.29 is 40.6 Å². The van der Waals surface area contributed by atoms with E-state index in [1.807, 2.05) is 0 Å². The predicted octanol–water partition coefficient (Wildman–Crippen LogP) is 6.56. The lowest BCUT2D eigenvalue weighted by Crippen LogP contribution is -2.37. The molecule has 2 aliphatic heterocycles. The van der Waals surface area contributed by atoms with E-state index in [0.717, 1.165) is 25.3 Å². The van der Waals surface area contributed by atoms with Gasteiger partial charge in [-0.15, -0.1) is 0 Å². The van der Waals surface area contributed by atoms with Crippen molar-refractivity contribution in [2.45, 2.75) is 31.6 Å². The maximum atomic E-state index is 13.2. The van der Waals surface area contributed by atoms with E-state index in [1.165, 1.54) is 14.2 Å². The number of morpholine rings is 1. The molecule has 2 aromatic carbocycles. The van der Waals surface area contributed by atoms with Gasteiger partial charge in [-0.3, -0.25) is 0 Å². The molecule has 0 atom stereocenters. The molecule has 0 unspecified atom stereocenters. The van der Waals surface area contributed by atoms with E-state index in [1.54, 1.807) is 58.3 Å². The summed E-state index contributed by atoms with van der Waals surface area (Å²) in [6.45, 7) is 3.06. The second kappa shape index (κ2) is 15.0. The van der Waals surface area contributed by atoms with Gasteiger partial charge in [-0.1, -0.05) is 24.3 Å². The highest BCUT2D eigenvalue weighted by atomic mass is 19.4. The Morgan fingerprint density at radius 3 is 1.79 bits per heavy atom. The number of halogens is 6. The Hall–Kier alpha value is -4.73. The molecule has 0 amide bonds. The molecule has 0 N–H and O–H groups in total.